The van der Waals surface area contributed by atoms with Crippen molar-refractivity contribution < 1.29 is 8.95 Å². The van der Waals surface area contributed by atoms with Gasteiger partial charge in [0.15, 0.2) is 10.5 Å². The normalized spacial score (nSPS) is 15.1. The maximum Gasteiger partial charge on any atom is 0.247 e. The Morgan fingerprint density at radius 1 is 1.00 bits per heavy atom. The minimum Gasteiger partial charge on any atom is -0.379 e. The van der Waals surface area contributed by atoms with Crippen LogP contribution in [0.3, 0.4) is 0 Å². The van der Waals surface area contributed by atoms with Crippen molar-refractivity contribution in [3.8, 4) is 11.3 Å². The molecule has 8 heteroatoms. The molecule has 0 spiro atoms. The Hall–Kier alpha value is -3.07. The number of hydrogen-bond acceptors (Lipinski definition) is 6. The van der Waals surface area contributed by atoms with Crippen LogP contribution in [0.2, 0.25) is 0 Å². The van der Waals surface area contributed by atoms with Gasteiger partial charge in [-0.3, -0.25) is 4.90 Å². The zero-order valence-electron chi connectivity index (χ0n) is 18.9. The predicted octanol–water partition coefficient (Wildman–Crippen LogP) is 4.09. The molecule has 2 aromatic carbocycles. The monoisotopic (exact) mass is 462 g/mol. The first kappa shape index (κ1) is 21.8. The first-order valence-electron chi connectivity index (χ1n) is 11.0. The Kier molecular flexibility index (Phi) is 5.97. The number of pyridine rings is 1. The zero-order valence-corrected chi connectivity index (χ0v) is 19.7. The van der Waals surface area contributed by atoms with Crippen molar-refractivity contribution in [3.05, 3.63) is 72.3 Å². The average molecular weight is 463 g/mol. The third kappa shape index (κ3) is 4.98. The van der Waals surface area contributed by atoms with Crippen LogP contribution in [0, 0.1) is 0 Å². The van der Waals surface area contributed by atoms with Crippen LogP contribution in [0.1, 0.15) is 5.56 Å². The number of fused-ring (bicyclic) bond motifs is 1. The van der Waals surface area contributed by atoms with Gasteiger partial charge in [-0.05, 0) is 35.9 Å². The first-order chi connectivity index (χ1) is 16.0. The lowest BCUT2D eigenvalue weighted by Crippen LogP contribution is -2.35. The molecular weight excluding hydrogens is 434 g/mol. The predicted molar refractivity (Wildman–Crippen MR) is 132 cm³/mol. The number of ether oxygens (including phenoxy) is 1. The van der Waals surface area contributed by atoms with Gasteiger partial charge in [-0.1, -0.05) is 30.3 Å². The van der Waals surface area contributed by atoms with E-state index in [0.717, 1.165) is 60.3 Å². The van der Waals surface area contributed by atoms with Gasteiger partial charge in [0.2, 0.25) is 5.95 Å². The number of nitrogens with zero attached hydrogens (tertiary/aromatic N) is 4. The Morgan fingerprint density at radius 3 is 2.52 bits per heavy atom. The summed E-state index contributed by atoms with van der Waals surface area (Å²) in [6, 6.07) is 22.1. The smallest absolute Gasteiger partial charge is 0.247 e. The molecule has 3 heterocycles. The maximum absolute atomic E-state index is 12.5. The summed E-state index contributed by atoms with van der Waals surface area (Å²) in [7, 11) is -2.05. The molecule has 33 heavy (non-hydrogen) atoms. The maximum atomic E-state index is 12.5. The van der Waals surface area contributed by atoms with Crippen LogP contribution >= 0.6 is 0 Å². The minimum absolute atomic E-state index is 0.536. The van der Waals surface area contributed by atoms with E-state index in [1.165, 1.54) is 5.56 Å². The SMILES string of the molecule is C[S+](C)(=O)c1cccc(-c2cccc3nc(Nc4ccc(CN5CCOCC5)cc4)nn23)c1. The molecule has 0 amide bonds. The molecule has 1 saturated heterocycles. The van der Waals surface area contributed by atoms with E-state index in [9.17, 15) is 4.21 Å². The van der Waals surface area contributed by atoms with Crippen LogP contribution in [0.15, 0.2) is 71.6 Å². The van der Waals surface area contributed by atoms with E-state index in [2.05, 4.69) is 39.5 Å². The molecule has 1 fully saturated rings. The molecule has 0 saturated carbocycles. The van der Waals surface area contributed by atoms with Gasteiger partial charge in [0.05, 0.1) is 18.9 Å². The van der Waals surface area contributed by atoms with Crippen LogP contribution in [0.5, 0.6) is 0 Å². The van der Waals surface area contributed by atoms with Crippen molar-refractivity contribution in [1.82, 2.24) is 19.5 Å². The molecule has 170 valence electrons. The highest BCUT2D eigenvalue weighted by Gasteiger charge is 2.19. The summed E-state index contributed by atoms with van der Waals surface area (Å²) in [6.45, 7) is 4.50. The van der Waals surface area contributed by atoms with E-state index >= 15 is 0 Å². The van der Waals surface area contributed by atoms with Crippen molar-refractivity contribution in [2.75, 3.05) is 44.1 Å². The second kappa shape index (κ2) is 9.05. The Balaban J connectivity index is 1.37. The molecule has 0 unspecified atom stereocenters. The van der Waals surface area contributed by atoms with E-state index in [4.69, 9.17) is 9.84 Å². The van der Waals surface area contributed by atoms with Crippen molar-refractivity contribution in [2.45, 2.75) is 11.4 Å². The molecule has 4 aromatic rings. The number of anilines is 2. The quantitative estimate of drug-likeness (QED) is 0.435. The van der Waals surface area contributed by atoms with Crippen molar-refractivity contribution in [3.63, 3.8) is 0 Å². The van der Waals surface area contributed by atoms with E-state index in [0.29, 0.717) is 5.95 Å². The molecule has 1 aliphatic heterocycles. The fourth-order valence-corrected chi connectivity index (χ4v) is 4.80. The third-order valence-electron chi connectivity index (χ3n) is 5.78. The number of nitrogens with one attached hydrogen (secondary N) is 1. The molecule has 0 atom stereocenters. The lowest BCUT2D eigenvalue weighted by molar-refractivity contribution is 0.0342. The standard InChI is InChI=1S/C25H28N5O2S/c1-33(2,31)22-6-3-5-20(17-22)23-7-4-8-24-27-25(28-30(23)24)26-21-11-9-19(10-12-21)18-29-13-15-32-16-14-29/h3-12,17H,13-16,18H2,1-2H3,(H,26,28)/q+1. The van der Waals surface area contributed by atoms with E-state index < -0.39 is 9.93 Å². The summed E-state index contributed by atoms with van der Waals surface area (Å²) >= 11 is 0. The topological polar surface area (TPSA) is 71.8 Å². The van der Waals surface area contributed by atoms with Gasteiger partial charge in [0, 0.05) is 37.0 Å². The van der Waals surface area contributed by atoms with Gasteiger partial charge in [-0.25, -0.2) is 4.52 Å². The Morgan fingerprint density at radius 2 is 1.76 bits per heavy atom. The molecule has 0 aliphatic carbocycles. The Labute approximate surface area is 194 Å². The molecular formula is C25H28N5O2S+. The molecule has 1 N–H and O–H groups in total. The fraction of sp³-hybridized carbons (Fsp3) is 0.280. The highest BCUT2D eigenvalue weighted by molar-refractivity contribution is 8.01. The number of rotatable bonds is 6. The number of aromatic nitrogens is 3. The van der Waals surface area contributed by atoms with E-state index in [-0.39, 0.29) is 0 Å². The number of hydrogen-bond donors (Lipinski definition) is 1. The number of benzene rings is 2. The molecule has 1 aliphatic rings. The van der Waals surface area contributed by atoms with Crippen LogP contribution in [0.25, 0.3) is 16.9 Å². The molecule has 5 rings (SSSR count). The fourth-order valence-electron chi connectivity index (χ4n) is 3.98. The van der Waals surface area contributed by atoms with Crippen molar-refractivity contribution in [2.24, 2.45) is 0 Å². The summed E-state index contributed by atoms with van der Waals surface area (Å²) in [5.41, 5.74) is 4.82. The van der Waals surface area contributed by atoms with Gasteiger partial charge in [0.25, 0.3) is 0 Å². The van der Waals surface area contributed by atoms with Gasteiger partial charge in [0.1, 0.15) is 22.4 Å². The molecule has 2 aromatic heterocycles. The highest BCUT2D eigenvalue weighted by Crippen LogP contribution is 2.25. The minimum atomic E-state index is -2.05. The van der Waals surface area contributed by atoms with Crippen LogP contribution < -0.4 is 5.32 Å². The zero-order chi connectivity index (χ0) is 22.8. The summed E-state index contributed by atoms with van der Waals surface area (Å²) in [5.74, 6) is 0.536. The van der Waals surface area contributed by atoms with Crippen molar-refractivity contribution >= 4 is 27.2 Å². The second-order valence-electron chi connectivity index (χ2n) is 8.59. The van der Waals surface area contributed by atoms with E-state index in [1.54, 1.807) is 12.5 Å². The van der Waals surface area contributed by atoms with Gasteiger partial charge in [-0.15, -0.1) is 9.31 Å². The Bertz CT molecular complexity index is 1310. The van der Waals surface area contributed by atoms with Crippen LogP contribution in [-0.4, -0.2) is 58.3 Å². The summed E-state index contributed by atoms with van der Waals surface area (Å²) in [5, 5.41) is 8.01. The van der Waals surface area contributed by atoms with E-state index in [1.807, 2.05) is 47.0 Å². The molecule has 0 bridgehead atoms. The lowest BCUT2D eigenvalue weighted by atomic mass is 10.1. The number of morpholine rings is 1. The van der Waals surface area contributed by atoms with Crippen LogP contribution in [0.4, 0.5) is 11.6 Å². The van der Waals surface area contributed by atoms with Crippen LogP contribution in [-0.2, 0) is 25.4 Å². The molecule has 0 radical (unpaired) electrons. The molecule has 7 nitrogen and oxygen atoms in total. The summed E-state index contributed by atoms with van der Waals surface area (Å²) in [6.07, 6.45) is 3.52. The van der Waals surface area contributed by atoms with Gasteiger partial charge >= 0.3 is 0 Å². The lowest BCUT2D eigenvalue weighted by Gasteiger charge is -2.26. The summed E-state index contributed by atoms with van der Waals surface area (Å²) < 4.78 is 19.8. The average Bonchev–Trinajstić information content (AvgIpc) is 3.23. The van der Waals surface area contributed by atoms with Gasteiger partial charge in [-0.2, -0.15) is 4.98 Å². The third-order valence-corrected chi connectivity index (χ3v) is 7.17. The summed E-state index contributed by atoms with van der Waals surface area (Å²) in [4.78, 5) is 7.87. The first-order valence-corrected chi connectivity index (χ1v) is 13.4. The largest absolute Gasteiger partial charge is 0.379 e. The van der Waals surface area contributed by atoms with Crippen molar-refractivity contribution in [1.29, 1.82) is 0 Å². The highest BCUT2D eigenvalue weighted by atomic mass is 32.2. The van der Waals surface area contributed by atoms with Gasteiger partial charge < -0.3 is 10.1 Å². The second-order valence-corrected chi connectivity index (χ2v) is 11.5.